The first-order valence-electron chi connectivity index (χ1n) is 6.29. The van der Waals surface area contributed by atoms with Gasteiger partial charge >= 0.3 is 5.97 Å². The number of rotatable bonds is 4. The molecule has 0 aliphatic heterocycles. The Bertz CT molecular complexity index is 699. The number of carbonyl (C=O) groups excluding carboxylic acids is 1. The van der Waals surface area contributed by atoms with Crippen molar-refractivity contribution >= 4 is 23.6 Å². The molecule has 0 aliphatic rings. The summed E-state index contributed by atoms with van der Waals surface area (Å²) in [6.45, 7) is 1.82. The SMILES string of the molecule is Cc1cc(C(=O)Nc2ccc(C=CC(=O)O)cc2)n(C)n1. The average Bonchev–Trinajstić information content (AvgIpc) is 2.77. The Morgan fingerprint density at radius 2 is 1.95 bits per heavy atom. The molecule has 0 saturated heterocycles. The Balaban J connectivity index is 2.08. The minimum atomic E-state index is -1.00. The van der Waals surface area contributed by atoms with Gasteiger partial charge in [0.2, 0.25) is 0 Å². The fourth-order valence-corrected chi connectivity index (χ4v) is 1.86. The predicted molar refractivity (Wildman–Crippen MR) is 79.0 cm³/mol. The van der Waals surface area contributed by atoms with Crippen LogP contribution in [0.25, 0.3) is 6.08 Å². The van der Waals surface area contributed by atoms with Crippen molar-refractivity contribution in [1.82, 2.24) is 9.78 Å². The smallest absolute Gasteiger partial charge is 0.328 e. The van der Waals surface area contributed by atoms with Crippen molar-refractivity contribution in [3.8, 4) is 0 Å². The number of carboxylic acid groups (broad SMARTS) is 1. The lowest BCUT2D eigenvalue weighted by Gasteiger charge is -2.05. The van der Waals surface area contributed by atoms with E-state index in [1.54, 1.807) is 37.4 Å². The van der Waals surface area contributed by atoms with Crippen LogP contribution in [0.2, 0.25) is 0 Å². The molecule has 2 N–H and O–H groups in total. The lowest BCUT2D eigenvalue weighted by atomic mass is 10.2. The number of benzene rings is 1. The zero-order chi connectivity index (χ0) is 15.4. The molecule has 0 saturated carbocycles. The molecule has 2 rings (SSSR count). The summed E-state index contributed by atoms with van der Waals surface area (Å²) >= 11 is 0. The molecule has 0 fully saturated rings. The normalized spacial score (nSPS) is 10.8. The zero-order valence-electron chi connectivity index (χ0n) is 11.7. The number of amides is 1. The number of carboxylic acids is 1. The Kier molecular flexibility index (Phi) is 4.18. The van der Waals surface area contributed by atoms with Gasteiger partial charge in [-0.05, 0) is 36.8 Å². The first-order valence-corrected chi connectivity index (χ1v) is 6.29. The van der Waals surface area contributed by atoms with Crippen molar-refractivity contribution in [2.24, 2.45) is 7.05 Å². The van der Waals surface area contributed by atoms with Crippen LogP contribution in [0.15, 0.2) is 36.4 Å². The molecule has 1 amide bonds. The molecule has 0 atom stereocenters. The van der Waals surface area contributed by atoms with E-state index in [-0.39, 0.29) is 5.91 Å². The van der Waals surface area contributed by atoms with Gasteiger partial charge in [0.1, 0.15) is 5.69 Å². The molecule has 0 spiro atoms. The summed E-state index contributed by atoms with van der Waals surface area (Å²) in [5, 5.41) is 15.4. The van der Waals surface area contributed by atoms with Gasteiger partial charge < -0.3 is 10.4 Å². The molecule has 1 heterocycles. The molecule has 0 bridgehead atoms. The van der Waals surface area contributed by atoms with Crippen LogP contribution in [-0.4, -0.2) is 26.8 Å². The summed E-state index contributed by atoms with van der Waals surface area (Å²) in [5.41, 5.74) is 2.62. The van der Waals surface area contributed by atoms with E-state index in [2.05, 4.69) is 10.4 Å². The summed E-state index contributed by atoms with van der Waals surface area (Å²) in [7, 11) is 1.71. The second-order valence-electron chi connectivity index (χ2n) is 4.54. The molecule has 6 heteroatoms. The molecule has 6 nitrogen and oxygen atoms in total. The number of hydrogen-bond donors (Lipinski definition) is 2. The van der Waals surface area contributed by atoms with E-state index in [1.807, 2.05) is 6.92 Å². The third-order valence-electron chi connectivity index (χ3n) is 2.82. The quantitative estimate of drug-likeness (QED) is 0.842. The second-order valence-corrected chi connectivity index (χ2v) is 4.54. The number of hydrogen-bond acceptors (Lipinski definition) is 3. The van der Waals surface area contributed by atoms with Gasteiger partial charge in [-0.1, -0.05) is 12.1 Å². The molecule has 21 heavy (non-hydrogen) atoms. The molecule has 0 radical (unpaired) electrons. The number of aromatic nitrogens is 2. The maximum Gasteiger partial charge on any atom is 0.328 e. The van der Waals surface area contributed by atoms with E-state index < -0.39 is 5.97 Å². The van der Waals surface area contributed by atoms with Crippen LogP contribution in [0.4, 0.5) is 5.69 Å². The van der Waals surface area contributed by atoms with Gasteiger partial charge in [-0.2, -0.15) is 5.10 Å². The van der Waals surface area contributed by atoms with Crippen molar-refractivity contribution in [2.45, 2.75) is 6.92 Å². The summed E-state index contributed by atoms with van der Waals surface area (Å²) in [4.78, 5) is 22.5. The first kappa shape index (κ1) is 14.5. The number of nitrogens with zero attached hydrogens (tertiary/aromatic N) is 2. The summed E-state index contributed by atoms with van der Waals surface area (Å²) in [5.74, 6) is -1.24. The van der Waals surface area contributed by atoms with Crippen LogP contribution in [0, 0.1) is 6.92 Å². The minimum Gasteiger partial charge on any atom is -0.478 e. The average molecular weight is 285 g/mol. The largest absolute Gasteiger partial charge is 0.478 e. The zero-order valence-corrected chi connectivity index (χ0v) is 11.7. The van der Waals surface area contributed by atoms with Crippen LogP contribution in [0.1, 0.15) is 21.7 Å². The molecule has 0 aliphatic carbocycles. The molecule has 108 valence electrons. The summed E-state index contributed by atoms with van der Waals surface area (Å²) in [6, 6.07) is 8.58. The lowest BCUT2D eigenvalue weighted by Crippen LogP contribution is -2.15. The van der Waals surface area contributed by atoms with Crippen LogP contribution >= 0.6 is 0 Å². The number of nitrogens with one attached hydrogen (secondary N) is 1. The van der Waals surface area contributed by atoms with Gasteiger partial charge in [0.05, 0.1) is 5.69 Å². The van der Waals surface area contributed by atoms with Crippen LogP contribution in [-0.2, 0) is 11.8 Å². The van der Waals surface area contributed by atoms with Gasteiger partial charge in [-0.15, -0.1) is 0 Å². The predicted octanol–water partition coefficient (Wildman–Crippen LogP) is 2.08. The third kappa shape index (κ3) is 3.79. The monoisotopic (exact) mass is 285 g/mol. The molecule has 2 aromatic rings. The standard InChI is InChI=1S/C15H15N3O3/c1-10-9-13(18(2)17-10)15(21)16-12-6-3-11(4-7-12)5-8-14(19)20/h3-9H,1-2H3,(H,16,21)(H,19,20). The molecular weight excluding hydrogens is 270 g/mol. The van der Waals surface area contributed by atoms with E-state index in [0.717, 1.165) is 17.3 Å². The number of aryl methyl sites for hydroxylation is 2. The Hall–Kier alpha value is -2.89. The van der Waals surface area contributed by atoms with Crippen LogP contribution in [0.3, 0.4) is 0 Å². The van der Waals surface area contributed by atoms with E-state index >= 15 is 0 Å². The highest BCUT2D eigenvalue weighted by Crippen LogP contribution is 2.12. The number of anilines is 1. The van der Waals surface area contributed by atoms with E-state index in [1.165, 1.54) is 10.8 Å². The number of aliphatic carboxylic acids is 1. The lowest BCUT2D eigenvalue weighted by molar-refractivity contribution is -0.131. The molecule has 1 aromatic carbocycles. The Morgan fingerprint density at radius 1 is 1.29 bits per heavy atom. The highest BCUT2D eigenvalue weighted by Gasteiger charge is 2.11. The van der Waals surface area contributed by atoms with E-state index in [0.29, 0.717) is 11.4 Å². The van der Waals surface area contributed by atoms with Crippen molar-refractivity contribution in [1.29, 1.82) is 0 Å². The van der Waals surface area contributed by atoms with Gasteiger partial charge in [0.15, 0.2) is 0 Å². The Morgan fingerprint density at radius 3 is 2.48 bits per heavy atom. The minimum absolute atomic E-state index is 0.244. The molecule has 0 unspecified atom stereocenters. The molecular formula is C15H15N3O3. The summed E-state index contributed by atoms with van der Waals surface area (Å²) < 4.78 is 1.52. The van der Waals surface area contributed by atoms with Crippen LogP contribution in [0.5, 0.6) is 0 Å². The third-order valence-corrected chi connectivity index (χ3v) is 2.82. The maximum atomic E-state index is 12.1. The van der Waals surface area contributed by atoms with E-state index in [4.69, 9.17) is 5.11 Å². The first-order chi connectivity index (χ1) is 9.95. The van der Waals surface area contributed by atoms with Crippen molar-refractivity contribution in [3.05, 3.63) is 53.4 Å². The fraction of sp³-hybridized carbons (Fsp3) is 0.133. The van der Waals surface area contributed by atoms with Gasteiger partial charge in [0.25, 0.3) is 5.91 Å². The van der Waals surface area contributed by atoms with E-state index in [9.17, 15) is 9.59 Å². The maximum absolute atomic E-state index is 12.1. The highest BCUT2D eigenvalue weighted by atomic mass is 16.4. The second kappa shape index (κ2) is 6.04. The highest BCUT2D eigenvalue weighted by molar-refractivity contribution is 6.03. The van der Waals surface area contributed by atoms with Crippen molar-refractivity contribution in [2.75, 3.05) is 5.32 Å². The molecule has 1 aromatic heterocycles. The Labute approximate surface area is 121 Å². The van der Waals surface area contributed by atoms with Gasteiger partial charge in [0, 0.05) is 18.8 Å². The summed E-state index contributed by atoms with van der Waals surface area (Å²) in [6.07, 6.45) is 2.55. The number of carbonyl (C=O) groups is 2. The van der Waals surface area contributed by atoms with Crippen molar-refractivity contribution in [3.63, 3.8) is 0 Å². The fourth-order valence-electron chi connectivity index (χ4n) is 1.86. The van der Waals surface area contributed by atoms with Crippen molar-refractivity contribution < 1.29 is 14.7 Å². The van der Waals surface area contributed by atoms with Crippen LogP contribution < -0.4 is 5.32 Å². The van der Waals surface area contributed by atoms with Gasteiger partial charge in [-0.3, -0.25) is 9.48 Å². The van der Waals surface area contributed by atoms with Gasteiger partial charge in [-0.25, -0.2) is 4.79 Å². The topological polar surface area (TPSA) is 84.2 Å².